The highest BCUT2D eigenvalue weighted by molar-refractivity contribution is 5.94. The third kappa shape index (κ3) is 3.09. The number of amides is 1. The minimum Gasteiger partial charge on any atom is -0.349 e. The Kier molecular flexibility index (Phi) is 4.34. The van der Waals surface area contributed by atoms with Crippen LogP contribution in [0, 0.1) is 11.7 Å². The lowest BCUT2D eigenvalue weighted by atomic mass is 9.96. The molecule has 1 amide bonds. The van der Waals surface area contributed by atoms with E-state index in [2.05, 4.69) is 12.2 Å². The summed E-state index contributed by atoms with van der Waals surface area (Å²) in [5.41, 5.74) is 0.147. The predicted molar refractivity (Wildman–Crippen MR) is 69.9 cm³/mol. The van der Waals surface area contributed by atoms with Crippen molar-refractivity contribution in [2.75, 3.05) is 0 Å². The van der Waals surface area contributed by atoms with Crippen molar-refractivity contribution >= 4 is 5.91 Å². The Hall–Kier alpha value is -1.38. The van der Waals surface area contributed by atoms with Crippen LogP contribution in [0.4, 0.5) is 4.39 Å². The zero-order chi connectivity index (χ0) is 13.0. The first-order valence-corrected chi connectivity index (χ1v) is 6.74. The van der Waals surface area contributed by atoms with Crippen molar-refractivity contribution in [1.82, 2.24) is 5.32 Å². The lowest BCUT2D eigenvalue weighted by Gasteiger charge is -2.22. The number of rotatable bonds is 2. The quantitative estimate of drug-likeness (QED) is 0.798. The Labute approximate surface area is 108 Å². The van der Waals surface area contributed by atoms with Crippen molar-refractivity contribution in [2.45, 2.75) is 45.1 Å². The first-order chi connectivity index (χ1) is 8.68. The molecule has 2 unspecified atom stereocenters. The largest absolute Gasteiger partial charge is 0.349 e. The minimum atomic E-state index is -0.448. The van der Waals surface area contributed by atoms with E-state index in [1.54, 1.807) is 12.1 Å². The zero-order valence-corrected chi connectivity index (χ0v) is 10.8. The molecule has 2 nitrogen and oxygen atoms in total. The number of nitrogens with one attached hydrogen (secondary N) is 1. The van der Waals surface area contributed by atoms with Crippen LogP contribution in [0.15, 0.2) is 24.3 Å². The molecule has 0 spiro atoms. The van der Waals surface area contributed by atoms with Gasteiger partial charge in [0.2, 0.25) is 0 Å². The van der Waals surface area contributed by atoms with Gasteiger partial charge in [-0.15, -0.1) is 0 Å². The van der Waals surface area contributed by atoms with Gasteiger partial charge in [-0.25, -0.2) is 4.39 Å². The van der Waals surface area contributed by atoms with Crippen LogP contribution in [0.1, 0.15) is 49.4 Å². The number of halogens is 1. The molecule has 1 aromatic carbocycles. The lowest BCUT2D eigenvalue weighted by Crippen LogP contribution is -2.39. The second-order valence-corrected chi connectivity index (χ2v) is 5.18. The fourth-order valence-corrected chi connectivity index (χ4v) is 2.60. The van der Waals surface area contributed by atoms with Gasteiger partial charge in [-0.3, -0.25) is 4.79 Å². The molecule has 0 saturated heterocycles. The second-order valence-electron chi connectivity index (χ2n) is 5.18. The van der Waals surface area contributed by atoms with E-state index in [0.717, 1.165) is 19.3 Å². The molecule has 0 bridgehead atoms. The van der Waals surface area contributed by atoms with Crippen molar-refractivity contribution < 1.29 is 9.18 Å². The Morgan fingerprint density at radius 3 is 2.72 bits per heavy atom. The van der Waals surface area contributed by atoms with Crippen LogP contribution in [-0.4, -0.2) is 11.9 Å². The van der Waals surface area contributed by atoms with Crippen molar-refractivity contribution in [2.24, 2.45) is 5.92 Å². The van der Waals surface area contributed by atoms with E-state index < -0.39 is 5.82 Å². The fourth-order valence-electron chi connectivity index (χ4n) is 2.60. The van der Waals surface area contributed by atoms with E-state index in [0.29, 0.717) is 5.92 Å². The summed E-state index contributed by atoms with van der Waals surface area (Å²) in [6, 6.07) is 6.33. The van der Waals surface area contributed by atoms with Gasteiger partial charge >= 0.3 is 0 Å². The highest BCUT2D eigenvalue weighted by atomic mass is 19.1. The van der Waals surface area contributed by atoms with Crippen LogP contribution < -0.4 is 5.32 Å². The molecular formula is C15H20FNO. The highest BCUT2D eigenvalue weighted by Gasteiger charge is 2.22. The first kappa shape index (κ1) is 13.1. The Balaban J connectivity index is 2.04. The summed E-state index contributed by atoms with van der Waals surface area (Å²) in [5.74, 6) is -0.258. The lowest BCUT2D eigenvalue weighted by molar-refractivity contribution is 0.0917. The molecule has 2 atom stereocenters. The van der Waals surface area contributed by atoms with Crippen molar-refractivity contribution in [3.05, 3.63) is 35.6 Å². The van der Waals surface area contributed by atoms with Crippen LogP contribution in [0.25, 0.3) is 0 Å². The molecule has 1 saturated carbocycles. The third-order valence-electron chi connectivity index (χ3n) is 3.80. The number of hydrogen-bond acceptors (Lipinski definition) is 1. The Bertz CT molecular complexity index is 419. The maximum atomic E-state index is 13.5. The summed E-state index contributed by atoms with van der Waals surface area (Å²) < 4.78 is 13.5. The third-order valence-corrected chi connectivity index (χ3v) is 3.80. The minimum absolute atomic E-state index is 0.147. The summed E-state index contributed by atoms with van der Waals surface area (Å²) in [4.78, 5) is 12.0. The van der Waals surface area contributed by atoms with Gasteiger partial charge in [-0.2, -0.15) is 0 Å². The second kappa shape index (κ2) is 5.98. The van der Waals surface area contributed by atoms with Crippen LogP contribution in [0.5, 0.6) is 0 Å². The number of carbonyl (C=O) groups excluding carboxylic acids is 1. The maximum absolute atomic E-state index is 13.5. The number of hydrogen-bond donors (Lipinski definition) is 1. The fraction of sp³-hybridized carbons (Fsp3) is 0.533. The smallest absolute Gasteiger partial charge is 0.254 e. The van der Waals surface area contributed by atoms with Gasteiger partial charge in [-0.05, 0) is 30.9 Å². The Morgan fingerprint density at radius 1 is 1.22 bits per heavy atom. The molecule has 0 aromatic heterocycles. The summed E-state index contributed by atoms with van der Waals surface area (Å²) in [5, 5.41) is 2.99. The van der Waals surface area contributed by atoms with Crippen molar-refractivity contribution in [1.29, 1.82) is 0 Å². The predicted octanol–water partition coefficient (Wildman–Crippen LogP) is 3.52. The zero-order valence-electron chi connectivity index (χ0n) is 10.8. The van der Waals surface area contributed by atoms with Crippen LogP contribution in [0.2, 0.25) is 0 Å². The van der Waals surface area contributed by atoms with Gasteiger partial charge in [-0.1, -0.05) is 38.3 Å². The molecule has 1 fully saturated rings. The van der Waals surface area contributed by atoms with Gasteiger partial charge in [0.25, 0.3) is 5.91 Å². The van der Waals surface area contributed by atoms with Gasteiger partial charge in [0.05, 0.1) is 5.56 Å². The molecule has 3 heteroatoms. The summed E-state index contributed by atoms with van der Waals surface area (Å²) in [7, 11) is 0. The van der Waals surface area contributed by atoms with E-state index in [1.165, 1.54) is 25.0 Å². The molecule has 0 heterocycles. The molecule has 2 rings (SSSR count). The highest BCUT2D eigenvalue weighted by Crippen LogP contribution is 2.23. The monoisotopic (exact) mass is 249 g/mol. The van der Waals surface area contributed by atoms with E-state index in [9.17, 15) is 9.18 Å². The number of carbonyl (C=O) groups is 1. The van der Waals surface area contributed by atoms with Crippen LogP contribution in [-0.2, 0) is 0 Å². The summed E-state index contributed by atoms with van der Waals surface area (Å²) in [6.07, 6.45) is 5.75. The topological polar surface area (TPSA) is 29.1 Å². The van der Waals surface area contributed by atoms with Gasteiger partial charge in [0, 0.05) is 6.04 Å². The Morgan fingerprint density at radius 2 is 1.94 bits per heavy atom. The van der Waals surface area contributed by atoms with E-state index >= 15 is 0 Å². The molecule has 1 aliphatic carbocycles. The average molecular weight is 249 g/mol. The molecule has 1 aromatic rings. The molecule has 0 aliphatic heterocycles. The van der Waals surface area contributed by atoms with Crippen LogP contribution >= 0.6 is 0 Å². The average Bonchev–Trinajstić information content (AvgIpc) is 2.55. The van der Waals surface area contributed by atoms with E-state index in [1.807, 2.05) is 0 Å². The molecule has 1 aliphatic rings. The molecule has 18 heavy (non-hydrogen) atoms. The summed E-state index contributed by atoms with van der Waals surface area (Å²) >= 11 is 0. The molecule has 1 N–H and O–H groups in total. The molecular weight excluding hydrogens is 229 g/mol. The van der Waals surface area contributed by atoms with Gasteiger partial charge < -0.3 is 5.32 Å². The SMILES string of the molecule is CC1CCCCCC1NC(=O)c1ccccc1F. The summed E-state index contributed by atoms with van der Waals surface area (Å²) in [6.45, 7) is 2.16. The van der Waals surface area contributed by atoms with E-state index in [4.69, 9.17) is 0 Å². The van der Waals surface area contributed by atoms with E-state index in [-0.39, 0.29) is 17.5 Å². The normalized spacial score (nSPS) is 24.3. The van der Waals surface area contributed by atoms with Crippen molar-refractivity contribution in [3.63, 3.8) is 0 Å². The van der Waals surface area contributed by atoms with Crippen LogP contribution in [0.3, 0.4) is 0 Å². The standard InChI is InChI=1S/C15H20FNO/c1-11-7-3-2-4-10-14(11)17-15(18)12-8-5-6-9-13(12)16/h5-6,8-9,11,14H,2-4,7,10H2,1H3,(H,17,18). The van der Waals surface area contributed by atoms with Gasteiger partial charge in [0.15, 0.2) is 0 Å². The molecule has 0 radical (unpaired) electrons. The maximum Gasteiger partial charge on any atom is 0.254 e. The number of benzene rings is 1. The van der Waals surface area contributed by atoms with Gasteiger partial charge in [0.1, 0.15) is 5.82 Å². The van der Waals surface area contributed by atoms with Crippen molar-refractivity contribution in [3.8, 4) is 0 Å². The molecule has 98 valence electrons. The first-order valence-electron chi connectivity index (χ1n) is 6.74.